The van der Waals surface area contributed by atoms with E-state index in [0.29, 0.717) is 12.2 Å². The van der Waals surface area contributed by atoms with Gasteiger partial charge in [-0.3, -0.25) is 0 Å². The minimum atomic E-state index is 0.516. The van der Waals surface area contributed by atoms with E-state index in [2.05, 4.69) is 5.32 Å². The normalized spacial score (nSPS) is 32.5. The van der Waals surface area contributed by atoms with Gasteiger partial charge in [-0.05, 0) is 32.2 Å². The van der Waals surface area contributed by atoms with E-state index in [1.807, 2.05) is 0 Å². The molecule has 70 valence electrons. The maximum atomic E-state index is 5.99. The zero-order valence-corrected chi connectivity index (χ0v) is 7.72. The molecule has 0 aromatic carbocycles. The van der Waals surface area contributed by atoms with Crippen LogP contribution in [-0.4, -0.2) is 25.3 Å². The van der Waals surface area contributed by atoms with Crippen LogP contribution >= 0.6 is 0 Å². The molecule has 0 spiro atoms. The van der Waals surface area contributed by atoms with Gasteiger partial charge in [-0.2, -0.15) is 0 Å². The Hall–Kier alpha value is -0.0800. The fourth-order valence-corrected chi connectivity index (χ4v) is 2.23. The number of piperidine rings is 1. The summed E-state index contributed by atoms with van der Waals surface area (Å²) in [4.78, 5) is 0. The van der Waals surface area contributed by atoms with Crippen molar-refractivity contribution in [1.29, 1.82) is 0 Å². The molecule has 2 heteroatoms. The second-order valence-corrected chi connectivity index (χ2v) is 4.01. The Morgan fingerprint density at radius 3 is 2.33 bits per heavy atom. The van der Waals surface area contributed by atoms with Crippen molar-refractivity contribution in [2.45, 2.75) is 50.7 Å². The standard InChI is InChI=1S/C10H19NO/c1-2-5-9(4-1)12-10-6-3-7-11-8-10/h9-11H,1-8H2/t10-/m1/s1. The summed E-state index contributed by atoms with van der Waals surface area (Å²) in [6, 6.07) is 0. The molecule has 1 aliphatic carbocycles. The van der Waals surface area contributed by atoms with Gasteiger partial charge in [0.1, 0.15) is 0 Å². The van der Waals surface area contributed by atoms with Crippen molar-refractivity contribution in [2.75, 3.05) is 13.1 Å². The Balaban J connectivity index is 1.69. The third kappa shape index (κ3) is 2.20. The summed E-state index contributed by atoms with van der Waals surface area (Å²) in [6.45, 7) is 2.26. The van der Waals surface area contributed by atoms with Crippen molar-refractivity contribution >= 4 is 0 Å². The van der Waals surface area contributed by atoms with Crippen LogP contribution in [0.25, 0.3) is 0 Å². The number of hydrogen-bond donors (Lipinski definition) is 1. The van der Waals surface area contributed by atoms with Crippen molar-refractivity contribution in [3.63, 3.8) is 0 Å². The Kier molecular flexibility index (Phi) is 3.01. The summed E-state index contributed by atoms with van der Waals surface area (Å²) in [5, 5.41) is 3.38. The van der Waals surface area contributed by atoms with Gasteiger partial charge in [0.05, 0.1) is 12.2 Å². The lowest BCUT2D eigenvalue weighted by Crippen LogP contribution is -2.37. The first-order valence-corrected chi connectivity index (χ1v) is 5.31. The topological polar surface area (TPSA) is 21.3 Å². The molecule has 12 heavy (non-hydrogen) atoms. The number of hydrogen-bond acceptors (Lipinski definition) is 2. The van der Waals surface area contributed by atoms with Crippen molar-refractivity contribution in [2.24, 2.45) is 0 Å². The zero-order valence-electron chi connectivity index (χ0n) is 7.72. The molecular formula is C10H19NO. The zero-order chi connectivity index (χ0) is 8.23. The molecule has 0 radical (unpaired) electrons. The van der Waals surface area contributed by atoms with Gasteiger partial charge in [0.15, 0.2) is 0 Å². The van der Waals surface area contributed by atoms with E-state index < -0.39 is 0 Å². The lowest BCUT2D eigenvalue weighted by molar-refractivity contribution is -0.0188. The molecule has 0 amide bonds. The first-order valence-electron chi connectivity index (χ1n) is 5.31. The van der Waals surface area contributed by atoms with Crippen molar-refractivity contribution in [3.05, 3.63) is 0 Å². The van der Waals surface area contributed by atoms with Gasteiger partial charge in [0.2, 0.25) is 0 Å². The van der Waals surface area contributed by atoms with Gasteiger partial charge in [-0.1, -0.05) is 12.8 Å². The third-order valence-corrected chi connectivity index (χ3v) is 2.94. The summed E-state index contributed by atoms with van der Waals surface area (Å²) in [6.07, 6.45) is 9.03. The van der Waals surface area contributed by atoms with E-state index in [-0.39, 0.29) is 0 Å². The first kappa shape index (κ1) is 8.52. The smallest absolute Gasteiger partial charge is 0.0703 e. The highest BCUT2D eigenvalue weighted by atomic mass is 16.5. The average molecular weight is 169 g/mol. The molecule has 1 saturated carbocycles. The average Bonchev–Trinajstić information content (AvgIpc) is 2.59. The Labute approximate surface area is 74.7 Å². The molecule has 2 fully saturated rings. The van der Waals surface area contributed by atoms with Crippen LogP contribution in [0.2, 0.25) is 0 Å². The second-order valence-electron chi connectivity index (χ2n) is 4.01. The summed E-state index contributed by atoms with van der Waals surface area (Å²) >= 11 is 0. The van der Waals surface area contributed by atoms with Gasteiger partial charge in [0.25, 0.3) is 0 Å². The molecule has 0 unspecified atom stereocenters. The molecule has 2 aliphatic rings. The minimum absolute atomic E-state index is 0.516. The van der Waals surface area contributed by atoms with Crippen LogP contribution in [0, 0.1) is 0 Å². The van der Waals surface area contributed by atoms with Gasteiger partial charge in [0, 0.05) is 6.54 Å². The van der Waals surface area contributed by atoms with Crippen LogP contribution in [0.5, 0.6) is 0 Å². The minimum Gasteiger partial charge on any atom is -0.374 e. The maximum absolute atomic E-state index is 5.99. The summed E-state index contributed by atoms with van der Waals surface area (Å²) in [7, 11) is 0. The summed E-state index contributed by atoms with van der Waals surface area (Å²) < 4.78 is 5.99. The number of ether oxygens (including phenoxy) is 1. The monoisotopic (exact) mass is 169 g/mol. The Bertz CT molecular complexity index is 126. The fraction of sp³-hybridized carbons (Fsp3) is 1.00. The number of rotatable bonds is 2. The molecule has 1 atom stereocenters. The van der Waals surface area contributed by atoms with Gasteiger partial charge >= 0.3 is 0 Å². The summed E-state index contributed by atoms with van der Waals surface area (Å²) in [5.41, 5.74) is 0. The van der Waals surface area contributed by atoms with Crippen molar-refractivity contribution in [1.82, 2.24) is 5.32 Å². The van der Waals surface area contributed by atoms with Crippen molar-refractivity contribution in [3.8, 4) is 0 Å². The number of nitrogens with one attached hydrogen (secondary N) is 1. The molecule has 0 aromatic rings. The molecule has 2 nitrogen and oxygen atoms in total. The van der Waals surface area contributed by atoms with Crippen LogP contribution in [0.1, 0.15) is 38.5 Å². The first-order chi connectivity index (χ1) is 5.95. The lowest BCUT2D eigenvalue weighted by Gasteiger charge is -2.26. The molecule has 0 aromatic heterocycles. The predicted octanol–water partition coefficient (Wildman–Crippen LogP) is 1.70. The molecule has 1 aliphatic heterocycles. The van der Waals surface area contributed by atoms with Gasteiger partial charge in [-0.25, -0.2) is 0 Å². The van der Waals surface area contributed by atoms with Gasteiger partial charge < -0.3 is 10.1 Å². The SMILES string of the molecule is C1CCC(O[C@@H]2CCCNC2)C1. The quantitative estimate of drug-likeness (QED) is 0.679. The largest absolute Gasteiger partial charge is 0.374 e. The van der Waals surface area contributed by atoms with Crippen molar-refractivity contribution < 1.29 is 4.74 Å². The van der Waals surface area contributed by atoms with E-state index in [4.69, 9.17) is 4.74 Å². The molecule has 0 bridgehead atoms. The Morgan fingerprint density at radius 2 is 1.67 bits per heavy atom. The molecular weight excluding hydrogens is 150 g/mol. The lowest BCUT2D eigenvalue weighted by atomic mass is 10.1. The molecule has 1 N–H and O–H groups in total. The highest BCUT2D eigenvalue weighted by Gasteiger charge is 2.21. The van der Waals surface area contributed by atoms with E-state index in [9.17, 15) is 0 Å². The van der Waals surface area contributed by atoms with E-state index in [0.717, 1.165) is 6.54 Å². The predicted molar refractivity (Wildman–Crippen MR) is 49.2 cm³/mol. The third-order valence-electron chi connectivity index (χ3n) is 2.94. The van der Waals surface area contributed by atoms with Crippen LogP contribution < -0.4 is 5.32 Å². The summed E-state index contributed by atoms with van der Waals surface area (Å²) in [5.74, 6) is 0. The van der Waals surface area contributed by atoms with Gasteiger partial charge in [-0.15, -0.1) is 0 Å². The van der Waals surface area contributed by atoms with Crippen LogP contribution in [-0.2, 0) is 4.74 Å². The highest BCUT2D eigenvalue weighted by Crippen LogP contribution is 2.23. The van der Waals surface area contributed by atoms with E-state index in [1.165, 1.54) is 45.1 Å². The molecule has 1 saturated heterocycles. The molecule has 2 rings (SSSR count). The molecule has 1 heterocycles. The maximum Gasteiger partial charge on any atom is 0.0703 e. The Morgan fingerprint density at radius 1 is 0.917 bits per heavy atom. The fourth-order valence-electron chi connectivity index (χ4n) is 2.23. The van der Waals surface area contributed by atoms with Crippen LogP contribution in [0.15, 0.2) is 0 Å². The van der Waals surface area contributed by atoms with E-state index >= 15 is 0 Å². The second kappa shape index (κ2) is 4.24. The van der Waals surface area contributed by atoms with Crippen LogP contribution in [0.4, 0.5) is 0 Å². The van der Waals surface area contributed by atoms with E-state index in [1.54, 1.807) is 0 Å². The highest BCUT2D eigenvalue weighted by molar-refractivity contribution is 4.73. The van der Waals surface area contributed by atoms with Crippen LogP contribution in [0.3, 0.4) is 0 Å².